The molecule has 7 heteroatoms. The molecule has 0 unspecified atom stereocenters. The quantitative estimate of drug-likeness (QED) is 0.733. The van der Waals surface area contributed by atoms with E-state index in [-0.39, 0.29) is 16.8 Å². The van der Waals surface area contributed by atoms with Gasteiger partial charge in [0.15, 0.2) is 0 Å². The minimum absolute atomic E-state index is 0.0867. The molecule has 0 bridgehead atoms. The van der Waals surface area contributed by atoms with Crippen LogP contribution in [0.4, 0.5) is 4.39 Å². The van der Waals surface area contributed by atoms with Crippen LogP contribution in [0.15, 0.2) is 63.5 Å². The monoisotopic (exact) mass is 376 g/mol. The molecule has 1 aromatic carbocycles. The van der Waals surface area contributed by atoms with Crippen molar-refractivity contribution in [1.29, 1.82) is 0 Å². The predicted octanol–water partition coefficient (Wildman–Crippen LogP) is 3.98. The van der Waals surface area contributed by atoms with Gasteiger partial charge in [-0.3, -0.25) is 0 Å². The van der Waals surface area contributed by atoms with Gasteiger partial charge >= 0.3 is 0 Å². The number of rotatable bonds is 5. The summed E-state index contributed by atoms with van der Waals surface area (Å²) in [4.78, 5) is 1.17. The van der Waals surface area contributed by atoms with Crippen LogP contribution in [0.2, 0.25) is 0 Å². The zero-order chi connectivity index (χ0) is 17.6. The van der Waals surface area contributed by atoms with Crippen LogP contribution in [0.25, 0.3) is 5.52 Å². The number of hydrogen-bond donors (Lipinski definition) is 1. The van der Waals surface area contributed by atoms with E-state index in [9.17, 15) is 12.8 Å². The van der Waals surface area contributed by atoms with Crippen LogP contribution in [0, 0.1) is 12.7 Å². The van der Waals surface area contributed by atoms with Crippen LogP contribution in [0.5, 0.6) is 0 Å². The van der Waals surface area contributed by atoms with Gasteiger partial charge in [0.05, 0.1) is 9.92 Å². The van der Waals surface area contributed by atoms with E-state index in [4.69, 9.17) is 0 Å². The Balaban J connectivity index is 1.61. The number of pyridine rings is 1. The van der Waals surface area contributed by atoms with Gasteiger partial charge in [0.2, 0.25) is 10.0 Å². The summed E-state index contributed by atoms with van der Waals surface area (Å²) in [7, 11) is -3.44. The Morgan fingerprint density at radius 3 is 2.56 bits per heavy atom. The number of fused-ring (bicyclic) bond motifs is 1. The minimum atomic E-state index is -3.44. The van der Waals surface area contributed by atoms with Gasteiger partial charge in [-0.2, -0.15) is 0 Å². The van der Waals surface area contributed by atoms with Crippen molar-refractivity contribution < 1.29 is 12.8 Å². The Morgan fingerprint density at radius 2 is 1.88 bits per heavy atom. The fourth-order valence-electron chi connectivity index (χ4n) is 2.67. The zero-order valence-corrected chi connectivity index (χ0v) is 15.2. The molecule has 0 atom stereocenters. The van der Waals surface area contributed by atoms with Gasteiger partial charge in [-0.05, 0) is 67.8 Å². The largest absolute Gasteiger partial charge is 0.308 e. The molecule has 0 saturated heterocycles. The summed E-state index contributed by atoms with van der Waals surface area (Å²) >= 11 is 1.49. The fourth-order valence-corrected chi connectivity index (χ4v) is 4.95. The molecule has 0 radical (unpaired) electrons. The molecule has 2 heterocycles. The molecule has 0 aliphatic heterocycles. The van der Waals surface area contributed by atoms with E-state index in [1.807, 2.05) is 17.4 Å². The maximum Gasteiger partial charge on any atom is 0.240 e. The number of sulfonamides is 1. The molecule has 130 valence electrons. The molecular weight excluding hydrogens is 359 g/mol. The lowest BCUT2D eigenvalue weighted by atomic mass is 10.3. The average molecular weight is 376 g/mol. The minimum Gasteiger partial charge on any atom is -0.308 e. The van der Waals surface area contributed by atoms with Crippen LogP contribution in [-0.4, -0.2) is 18.9 Å². The molecule has 3 aromatic rings. The molecule has 1 aliphatic rings. The third-order valence-corrected chi connectivity index (χ3v) is 6.87. The van der Waals surface area contributed by atoms with Crippen molar-refractivity contribution >= 4 is 27.3 Å². The average Bonchev–Trinajstić information content (AvgIpc) is 3.32. The maximum absolute atomic E-state index is 13.6. The van der Waals surface area contributed by atoms with Crippen LogP contribution in [0.1, 0.15) is 18.4 Å². The second-order valence-corrected chi connectivity index (χ2v) is 9.02. The van der Waals surface area contributed by atoms with Gasteiger partial charge < -0.3 is 4.40 Å². The summed E-state index contributed by atoms with van der Waals surface area (Å²) in [6.45, 7) is 1.98. The van der Waals surface area contributed by atoms with Gasteiger partial charge in [0, 0.05) is 22.7 Å². The smallest absolute Gasteiger partial charge is 0.240 e. The van der Waals surface area contributed by atoms with Gasteiger partial charge in [0.25, 0.3) is 0 Å². The molecule has 1 saturated carbocycles. The Hall–Kier alpha value is -1.83. The second-order valence-electron chi connectivity index (χ2n) is 6.24. The third kappa shape index (κ3) is 3.44. The Bertz CT molecular complexity index is 1040. The zero-order valence-electron chi connectivity index (χ0n) is 13.6. The van der Waals surface area contributed by atoms with Crippen molar-refractivity contribution in [2.45, 2.75) is 40.6 Å². The topological polar surface area (TPSA) is 50.6 Å². The van der Waals surface area contributed by atoms with Crippen LogP contribution >= 0.6 is 11.8 Å². The SMILES string of the molecule is Cc1cc2ccc(F)cn2c1Sc1ccc(S(=O)(=O)NC2CC2)cc1. The number of nitrogens with zero attached hydrogens (tertiary/aromatic N) is 1. The predicted molar refractivity (Wildman–Crippen MR) is 96.0 cm³/mol. The molecular formula is C18H17FN2O2S2. The molecule has 0 amide bonds. The van der Waals surface area contributed by atoms with Gasteiger partial charge in [-0.1, -0.05) is 11.8 Å². The standard InChI is InChI=1S/C18H17FN2O2S2/c1-12-10-15-5-2-13(19)11-21(15)18(12)24-16-6-8-17(9-7-16)25(22,23)20-14-3-4-14/h2,5-11,14,20H,3-4H2,1H3. The van der Waals surface area contributed by atoms with Crippen LogP contribution < -0.4 is 4.72 Å². The second kappa shape index (κ2) is 6.16. The molecule has 4 nitrogen and oxygen atoms in total. The number of benzene rings is 1. The number of aromatic nitrogens is 1. The number of hydrogen-bond acceptors (Lipinski definition) is 3. The van der Waals surface area contributed by atoms with E-state index < -0.39 is 10.0 Å². The highest BCUT2D eigenvalue weighted by atomic mass is 32.2. The van der Waals surface area contributed by atoms with E-state index in [1.54, 1.807) is 30.3 Å². The first-order valence-electron chi connectivity index (χ1n) is 8.00. The first-order chi connectivity index (χ1) is 11.9. The Labute approximate surface area is 150 Å². The highest BCUT2D eigenvalue weighted by Crippen LogP contribution is 2.33. The van der Waals surface area contributed by atoms with Gasteiger partial charge in [-0.15, -0.1) is 0 Å². The van der Waals surface area contributed by atoms with E-state index >= 15 is 0 Å². The van der Waals surface area contributed by atoms with Gasteiger partial charge in [0.1, 0.15) is 5.82 Å². The summed E-state index contributed by atoms with van der Waals surface area (Å²) in [6.07, 6.45) is 3.28. The summed E-state index contributed by atoms with van der Waals surface area (Å²) in [6, 6.07) is 12.1. The van der Waals surface area contributed by atoms with E-state index in [2.05, 4.69) is 4.72 Å². The van der Waals surface area contributed by atoms with E-state index in [0.717, 1.165) is 33.8 Å². The molecule has 4 rings (SSSR count). The highest BCUT2D eigenvalue weighted by Gasteiger charge is 2.27. The molecule has 25 heavy (non-hydrogen) atoms. The van der Waals surface area contributed by atoms with Gasteiger partial charge in [-0.25, -0.2) is 17.5 Å². The lowest BCUT2D eigenvalue weighted by Crippen LogP contribution is -2.25. The van der Waals surface area contributed by atoms with Crippen molar-refractivity contribution in [3.63, 3.8) is 0 Å². The lowest BCUT2D eigenvalue weighted by molar-refractivity contribution is 0.581. The van der Waals surface area contributed by atoms with Crippen molar-refractivity contribution in [3.8, 4) is 0 Å². The molecule has 1 fully saturated rings. The highest BCUT2D eigenvalue weighted by molar-refractivity contribution is 7.99. The summed E-state index contributed by atoms with van der Waals surface area (Å²) < 4.78 is 42.5. The first-order valence-corrected chi connectivity index (χ1v) is 10.3. The van der Waals surface area contributed by atoms with Crippen molar-refractivity contribution in [3.05, 3.63) is 60.0 Å². The number of aryl methyl sites for hydroxylation is 1. The van der Waals surface area contributed by atoms with Crippen molar-refractivity contribution in [2.75, 3.05) is 0 Å². The fraction of sp³-hybridized carbons (Fsp3) is 0.222. The number of nitrogens with one attached hydrogen (secondary N) is 1. The van der Waals surface area contributed by atoms with Crippen LogP contribution in [0.3, 0.4) is 0 Å². The summed E-state index contributed by atoms with van der Waals surface area (Å²) in [5.41, 5.74) is 1.97. The third-order valence-electron chi connectivity index (χ3n) is 4.11. The lowest BCUT2D eigenvalue weighted by Gasteiger charge is -2.08. The normalized spacial score (nSPS) is 15.0. The summed E-state index contributed by atoms with van der Waals surface area (Å²) in [5.74, 6) is -0.294. The van der Waals surface area contributed by atoms with Crippen LogP contribution in [-0.2, 0) is 10.0 Å². The van der Waals surface area contributed by atoms with E-state index in [0.29, 0.717) is 0 Å². The van der Waals surface area contributed by atoms with Crippen molar-refractivity contribution in [1.82, 2.24) is 9.12 Å². The maximum atomic E-state index is 13.6. The molecule has 1 aliphatic carbocycles. The first kappa shape index (κ1) is 16.6. The summed E-state index contributed by atoms with van der Waals surface area (Å²) in [5, 5.41) is 0.918. The molecule has 0 spiro atoms. The Morgan fingerprint density at radius 1 is 1.16 bits per heavy atom. The van der Waals surface area contributed by atoms with E-state index in [1.165, 1.54) is 24.0 Å². The number of halogens is 1. The Kier molecular flexibility index (Phi) is 4.10. The van der Waals surface area contributed by atoms with Crippen molar-refractivity contribution in [2.24, 2.45) is 0 Å². The molecule has 1 N–H and O–H groups in total. The molecule has 2 aromatic heterocycles.